The zero-order valence-corrected chi connectivity index (χ0v) is 20.7. The molecule has 0 spiro atoms. The van der Waals surface area contributed by atoms with E-state index >= 15 is 0 Å². The maximum Gasteiger partial charge on any atom is 0.417 e. The van der Waals surface area contributed by atoms with Gasteiger partial charge in [0.05, 0.1) is 22.8 Å². The number of unbranched alkanes of at least 4 members (excludes halogenated alkanes) is 1. The minimum atomic E-state index is -4.84. The molecule has 0 bridgehead atoms. The van der Waals surface area contributed by atoms with E-state index in [9.17, 15) is 26.4 Å². The van der Waals surface area contributed by atoms with Crippen molar-refractivity contribution < 1.29 is 31.1 Å². The lowest BCUT2D eigenvalue weighted by Crippen LogP contribution is -2.33. The number of sulfonamides is 1. The van der Waals surface area contributed by atoms with E-state index in [1.807, 2.05) is 30.3 Å². The summed E-state index contributed by atoms with van der Waals surface area (Å²) in [5, 5.41) is 0. The highest BCUT2D eigenvalue weighted by Gasteiger charge is 2.39. The van der Waals surface area contributed by atoms with Gasteiger partial charge >= 0.3 is 6.18 Å². The first-order valence-corrected chi connectivity index (χ1v) is 13.0. The van der Waals surface area contributed by atoms with Gasteiger partial charge in [-0.15, -0.1) is 0 Å². The molecule has 192 valence electrons. The second-order valence-corrected chi connectivity index (χ2v) is 10.1. The topological polar surface area (TPSA) is 63.7 Å². The molecule has 0 aromatic heterocycles. The van der Waals surface area contributed by atoms with E-state index in [0.29, 0.717) is 36.9 Å². The van der Waals surface area contributed by atoms with Crippen molar-refractivity contribution in [1.29, 1.82) is 0 Å². The van der Waals surface area contributed by atoms with E-state index in [0.717, 1.165) is 22.0 Å². The number of carbonyl (C=O) groups is 1. The first-order valence-electron chi connectivity index (χ1n) is 11.5. The average Bonchev–Trinajstić information content (AvgIpc) is 2.84. The number of rotatable bonds is 12. The minimum Gasteiger partial charge on any atom is -0.493 e. The summed E-state index contributed by atoms with van der Waals surface area (Å²) in [5.74, 6) is 0.319. The molecule has 0 unspecified atom stereocenters. The first-order chi connectivity index (χ1) is 17.1. The molecule has 0 saturated carbocycles. The number of hydrogen-bond donors (Lipinski definition) is 0. The van der Waals surface area contributed by atoms with Gasteiger partial charge in [-0.2, -0.15) is 13.2 Å². The Labute approximate surface area is 209 Å². The zero-order valence-electron chi connectivity index (χ0n) is 19.9. The maximum atomic E-state index is 13.8. The number of nitrogens with zero attached hydrogens (tertiary/aromatic N) is 1. The third kappa shape index (κ3) is 7.10. The van der Waals surface area contributed by atoms with Crippen LogP contribution in [0.5, 0.6) is 5.75 Å². The van der Waals surface area contributed by atoms with Gasteiger partial charge in [0.25, 0.3) is 10.0 Å². The van der Waals surface area contributed by atoms with E-state index < -0.39 is 26.7 Å². The molecule has 3 rings (SSSR count). The van der Waals surface area contributed by atoms with Crippen LogP contribution in [0.25, 0.3) is 0 Å². The Morgan fingerprint density at radius 1 is 0.944 bits per heavy atom. The van der Waals surface area contributed by atoms with Crippen LogP contribution in [0.1, 0.15) is 36.0 Å². The predicted octanol–water partition coefficient (Wildman–Crippen LogP) is 6.20. The Hall–Kier alpha value is -3.33. The van der Waals surface area contributed by atoms with Gasteiger partial charge in [-0.25, -0.2) is 8.42 Å². The van der Waals surface area contributed by atoms with E-state index in [4.69, 9.17) is 4.74 Å². The highest BCUT2D eigenvalue weighted by atomic mass is 32.2. The maximum absolute atomic E-state index is 13.8. The summed E-state index contributed by atoms with van der Waals surface area (Å²) in [6.45, 7) is 1.63. The van der Waals surface area contributed by atoms with Crippen LogP contribution in [-0.4, -0.2) is 27.9 Å². The van der Waals surface area contributed by atoms with Crippen molar-refractivity contribution in [1.82, 2.24) is 0 Å². The van der Waals surface area contributed by atoms with Crippen molar-refractivity contribution in [3.05, 3.63) is 89.5 Å². The number of anilines is 1. The fourth-order valence-electron chi connectivity index (χ4n) is 3.77. The molecule has 0 aliphatic carbocycles. The molecule has 0 atom stereocenters. The quantitative estimate of drug-likeness (QED) is 0.211. The van der Waals surface area contributed by atoms with Gasteiger partial charge in [0.2, 0.25) is 0 Å². The molecule has 9 heteroatoms. The van der Waals surface area contributed by atoms with E-state index in [1.165, 1.54) is 18.2 Å². The molecule has 0 heterocycles. The van der Waals surface area contributed by atoms with Crippen LogP contribution in [0, 0.1) is 6.92 Å². The van der Waals surface area contributed by atoms with Gasteiger partial charge in [-0.3, -0.25) is 4.31 Å². The van der Waals surface area contributed by atoms with Crippen molar-refractivity contribution in [3.8, 4) is 5.75 Å². The lowest BCUT2D eigenvalue weighted by atomic mass is 10.1. The number of ether oxygens (including phenoxy) is 1. The van der Waals surface area contributed by atoms with Crippen LogP contribution in [0.3, 0.4) is 0 Å². The summed E-state index contributed by atoms with van der Waals surface area (Å²) in [4.78, 5) is 9.80. The van der Waals surface area contributed by atoms with Crippen LogP contribution >= 0.6 is 0 Å². The van der Waals surface area contributed by atoms with Gasteiger partial charge in [-0.1, -0.05) is 42.5 Å². The number of alkyl halides is 3. The van der Waals surface area contributed by atoms with Crippen LogP contribution in [0.2, 0.25) is 0 Å². The molecule has 5 nitrogen and oxygen atoms in total. The normalized spacial score (nSPS) is 11.8. The fraction of sp³-hybridized carbons (Fsp3) is 0.296. The van der Waals surface area contributed by atoms with Crippen LogP contribution in [0.4, 0.5) is 18.9 Å². The van der Waals surface area contributed by atoms with E-state index in [-0.39, 0.29) is 25.3 Å². The van der Waals surface area contributed by atoms with Crippen molar-refractivity contribution in [3.63, 3.8) is 0 Å². The Morgan fingerprint density at radius 3 is 2.39 bits per heavy atom. The third-order valence-corrected chi connectivity index (χ3v) is 7.41. The van der Waals surface area contributed by atoms with Gasteiger partial charge < -0.3 is 9.53 Å². The zero-order chi connectivity index (χ0) is 26.2. The smallest absolute Gasteiger partial charge is 0.417 e. The predicted molar refractivity (Wildman–Crippen MR) is 133 cm³/mol. The van der Waals surface area contributed by atoms with Crippen molar-refractivity contribution in [2.24, 2.45) is 0 Å². The molecule has 0 aliphatic rings. The molecular formula is C27H28F3NO4S. The molecule has 3 aromatic carbocycles. The van der Waals surface area contributed by atoms with Gasteiger partial charge in [-0.05, 0) is 61.6 Å². The Bertz CT molecular complexity index is 1260. The second kappa shape index (κ2) is 12.1. The summed E-state index contributed by atoms with van der Waals surface area (Å²) in [7, 11) is -4.58. The number of carbonyl (C=O) groups excluding carboxylic acids is 1. The summed E-state index contributed by atoms with van der Waals surface area (Å²) in [6, 6.07) is 18.9. The Kier molecular flexibility index (Phi) is 9.14. The van der Waals surface area contributed by atoms with Gasteiger partial charge in [0.15, 0.2) is 0 Å². The molecule has 36 heavy (non-hydrogen) atoms. The van der Waals surface area contributed by atoms with Crippen molar-refractivity contribution in [2.45, 2.75) is 43.7 Å². The third-order valence-electron chi connectivity index (χ3n) is 5.54. The molecule has 3 aromatic rings. The summed E-state index contributed by atoms with van der Waals surface area (Å²) < 4.78 is 75.3. The van der Waals surface area contributed by atoms with Gasteiger partial charge in [0.1, 0.15) is 12.0 Å². The second-order valence-electron chi connectivity index (χ2n) is 8.32. The van der Waals surface area contributed by atoms with E-state index in [1.54, 1.807) is 19.1 Å². The lowest BCUT2D eigenvalue weighted by molar-refractivity contribution is -0.139. The highest BCUT2D eigenvalue weighted by molar-refractivity contribution is 7.92. The van der Waals surface area contributed by atoms with Gasteiger partial charge in [0, 0.05) is 19.0 Å². The number of aryl methyl sites for hydroxylation is 2. The number of halogens is 3. The molecule has 0 amide bonds. The average molecular weight is 520 g/mol. The molecule has 0 fully saturated rings. The first kappa shape index (κ1) is 27.3. The standard InChI is InChI=1S/C27H28F3NO4S/c1-21-14-15-25(27(28,29)30)26(19-21)36(33,34)31(16-6-5-11-22-9-3-2-4-10-22)23-12-7-13-24(20-23)35-18-8-17-32/h2-4,7,9-10,12-15,17,19-20H,5-6,8,11,16,18H2,1H3. The minimum absolute atomic E-state index is 0.0157. The van der Waals surface area contributed by atoms with E-state index in [2.05, 4.69) is 0 Å². The molecule has 0 N–H and O–H groups in total. The number of benzene rings is 3. The van der Waals surface area contributed by atoms with Crippen molar-refractivity contribution >= 4 is 22.0 Å². The number of aldehydes is 1. The Morgan fingerprint density at radius 2 is 1.69 bits per heavy atom. The molecular weight excluding hydrogens is 491 g/mol. The molecule has 0 radical (unpaired) electrons. The van der Waals surface area contributed by atoms with Crippen LogP contribution in [0.15, 0.2) is 77.7 Å². The Balaban J connectivity index is 1.96. The van der Waals surface area contributed by atoms with Crippen molar-refractivity contribution in [2.75, 3.05) is 17.5 Å². The summed E-state index contributed by atoms with van der Waals surface area (Å²) in [6.07, 6.45) is -2.20. The van der Waals surface area contributed by atoms with Crippen LogP contribution < -0.4 is 9.04 Å². The largest absolute Gasteiger partial charge is 0.493 e. The molecule has 0 aliphatic heterocycles. The number of hydrogen-bond acceptors (Lipinski definition) is 4. The van der Waals surface area contributed by atoms with Crippen LogP contribution in [-0.2, 0) is 27.4 Å². The summed E-state index contributed by atoms with van der Waals surface area (Å²) >= 11 is 0. The summed E-state index contributed by atoms with van der Waals surface area (Å²) in [5.41, 5.74) is 0.473. The monoisotopic (exact) mass is 519 g/mol. The highest BCUT2D eigenvalue weighted by Crippen LogP contribution is 2.37. The lowest BCUT2D eigenvalue weighted by Gasteiger charge is -2.27. The molecule has 0 saturated heterocycles. The fourth-order valence-corrected chi connectivity index (χ4v) is 5.56. The SMILES string of the molecule is Cc1ccc(C(F)(F)F)c(S(=O)(=O)N(CCCCc2ccccc2)c2cccc(OCCC=O)c2)c1.